The number of rotatable bonds is 7. The Bertz CT molecular complexity index is 1040. The molecule has 4 rings (SSSR count). The normalized spacial score (nSPS) is 18.8. The van der Waals surface area contributed by atoms with Crippen molar-refractivity contribution in [3.8, 4) is 5.75 Å². The number of carbonyl (C=O) groups is 2. The second-order valence-electron chi connectivity index (χ2n) is 8.72. The highest BCUT2D eigenvalue weighted by Gasteiger charge is 2.36. The van der Waals surface area contributed by atoms with Gasteiger partial charge in [-0.25, -0.2) is 9.78 Å². The minimum atomic E-state index is -1.03. The molecule has 1 amide bonds. The summed E-state index contributed by atoms with van der Waals surface area (Å²) in [5.41, 5.74) is 1.41. The molecule has 33 heavy (non-hydrogen) atoms. The van der Waals surface area contributed by atoms with Crippen LogP contribution in [0, 0.1) is 5.92 Å². The van der Waals surface area contributed by atoms with Crippen LogP contribution in [0.4, 0.5) is 23.1 Å². The van der Waals surface area contributed by atoms with Crippen LogP contribution in [0.2, 0.25) is 0 Å². The lowest BCUT2D eigenvalue weighted by Gasteiger charge is -2.31. The minimum Gasteiger partial charge on any atom is -0.495 e. The SMILES string of the molecule is CCC[C@H]1CN(C2CCCC2)c2nc(Nc3ccc(C(=O)O)cc3OC)ncc2N(C)C1=O. The van der Waals surface area contributed by atoms with Crippen LogP contribution < -0.4 is 19.9 Å². The fourth-order valence-electron chi connectivity index (χ4n) is 4.82. The van der Waals surface area contributed by atoms with Gasteiger partial charge in [-0.2, -0.15) is 4.98 Å². The third-order valence-electron chi connectivity index (χ3n) is 6.58. The van der Waals surface area contributed by atoms with E-state index in [0.29, 0.717) is 35.7 Å². The molecule has 1 atom stereocenters. The van der Waals surface area contributed by atoms with E-state index in [1.54, 1.807) is 24.2 Å². The molecule has 9 heteroatoms. The van der Waals surface area contributed by atoms with E-state index < -0.39 is 5.97 Å². The fourth-order valence-corrected chi connectivity index (χ4v) is 4.82. The molecule has 0 radical (unpaired) electrons. The van der Waals surface area contributed by atoms with Crippen LogP contribution in [0.5, 0.6) is 5.75 Å². The second-order valence-corrected chi connectivity index (χ2v) is 8.72. The summed E-state index contributed by atoms with van der Waals surface area (Å²) in [5.74, 6) is 0.519. The van der Waals surface area contributed by atoms with Gasteiger partial charge in [0.1, 0.15) is 11.4 Å². The van der Waals surface area contributed by atoms with Crippen LogP contribution in [0.25, 0.3) is 0 Å². The molecule has 0 bridgehead atoms. The maximum atomic E-state index is 13.2. The topological polar surface area (TPSA) is 108 Å². The Balaban J connectivity index is 1.71. The van der Waals surface area contributed by atoms with Gasteiger partial charge in [0.2, 0.25) is 11.9 Å². The van der Waals surface area contributed by atoms with Crippen LogP contribution in [0.15, 0.2) is 24.4 Å². The number of fused-ring (bicyclic) bond motifs is 1. The Morgan fingerprint density at radius 1 is 1.30 bits per heavy atom. The molecule has 0 unspecified atom stereocenters. The Kier molecular flexibility index (Phi) is 6.67. The van der Waals surface area contributed by atoms with E-state index in [1.807, 2.05) is 0 Å². The van der Waals surface area contributed by atoms with Gasteiger partial charge in [-0.1, -0.05) is 26.2 Å². The Labute approximate surface area is 193 Å². The van der Waals surface area contributed by atoms with Crippen molar-refractivity contribution in [2.45, 2.75) is 51.5 Å². The molecule has 176 valence electrons. The number of carbonyl (C=O) groups excluding carboxylic acids is 1. The molecule has 0 spiro atoms. The zero-order valence-corrected chi connectivity index (χ0v) is 19.4. The summed E-state index contributed by atoms with van der Waals surface area (Å²) >= 11 is 0. The van der Waals surface area contributed by atoms with E-state index in [9.17, 15) is 14.7 Å². The van der Waals surface area contributed by atoms with Gasteiger partial charge in [-0.3, -0.25) is 4.79 Å². The van der Waals surface area contributed by atoms with Gasteiger partial charge in [0.25, 0.3) is 0 Å². The third kappa shape index (κ3) is 4.58. The molecular formula is C24H31N5O4. The van der Waals surface area contributed by atoms with Gasteiger partial charge in [0.15, 0.2) is 5.82 Å². The quantitative estimate of drug-likeness (QED) is 0.646. The van der Waals surface area contributed by atoms with Crippen LogP contribution in [-0.2, 0) is 4.79 Å². The number of aromatic carboxylic acids is 1. The molecule has 1 aliphatic carbocycles. The molecule has 1 saturated carbocycles. The number of ether oxygens (including phenoxy) is 1. The Hall–Kier alpha value is -3.36. The first-order valence-corrected chi connectivity index (χ1v) is 11.5. The molecule has 9 nitrogen and oxygen atoms in total. The van der Waals surface area contributed by atoms with Crippen molar-refractivity contribution in [3.05, 3.63) is 30.0 Å². The largest absolute Gasteiger partial charge is 0.495 e. The molecule has 2 heterocycles. The fraction of sp³-hybridized carbons (Fsp3) is 0.500. The third-order valence-corrected chi connectivity index (χ3v) is 6.58. The van der Waals surface area contributed by atoms with E-state index in [0.717, 1.165) is 31.5 Å². The maximum Gasteiger partial charge on any atom is 0.335 e. The number of hydrogen-bond acceptors (Lipinski definition) is 7. The van der Waals surface area contributed by atoms with Crippen molar-refractivity contribution in [2.24, 2.45) is 5.92 Å². The van der Waals surface area contributed by atoms with Crippen molar-refractivity contribution >= 4 is 35.0 Å². The summed E-state index contributed by atoms with van der Waals surface area (Å²) in [7, 11) is 3.28. The van der Waals surface area contributed by atoms with Gasteiger partial charge < -0.3 is 25.0 Å². The van der Waals surface area contributed by atoms with E-state index in [2.05, 4.69) is 22.1 Å². The van der Waals surface area contributed by atoms with Crippen LogP contribution in [0.3, 0.4) is 0 Å². The molecule has 2 aliphatic rings. The average molecular weight is 454 g/mol. The summed E-state index contributed by atoms with van der Waals surface area (Å²) < 4.78 is 5.37. The van der Waals surface area contributed by atoms with Gasteiger partial charge in [-0.15, -0.1) is 0 Å². The lowest BCUT2D eigenvalue weighted by atomic mass is 10.0. The number of aromatic nitrogens is 2. The molecule has 1 fully saturated rings. The molecule has 2 N–H and O–H groups in total. The number of nitrogens with zero attached hydrogens (tertiary/aromatic N) is 4. The molecular weight excluding hydrogens is 422 g/mol. The number of methoxy groups -OCH3 is 1. The van der Waals surface area contributed by atoms with Crippen molar-refractivity contribution in [1.29, 1.82) is 0 Å². The zero-order chi connectivity index (χ0) is 23.5. The number of carboxylic acids is 1. The molecule has 1 aromatic heterocycles. The van der Waals surface area contributed by atoms with Crippen molar-refractivity contribution in [1.82, 2.24) is 9.97 Å². The summed E-state index contributed by atoms with van der Waals surface area (Å²) in [4.78, 5) is 37.8. The molecule has 1 aromatic carbocycles. The van der Waals surface area contributed by atoms with Gasteiger partial charge in [-0.05, 0) is 37.5 Å². The number of anilines is 4. The Morgan fingerprint density at radius 2 is 2.06 bits per heavy atom. The van der Waals surface area contributed by atoms with E-state index in [-0.39, 0.29) is 17.4 Å². The predicted molar refractivity (Wildman–Crippen MR) is 127 cm³/mol. The first kappa shape index (κ1) is 22.8. The lowest BCUT2D eigenvalue weighted by molar-refractivity contribution is -0.121. The number of hydrogen-bond donors (Lipinski definition) is 2. The highest BCUT2D eigenvalue weighted by atomic mass is 16.5. The van der Waals surface area contributed by atoms with Crippen molar-refractivity contribution in [3.63, 3.8) is 0 Å². The maximum absolute atomic E-state index is 13.2. The Morgan fingerprint density at radius 3 is 2.73 bits per heavy atom. The smallest absolute Gasteiger partial charge is 0.335 e. The molecule has 2 aromatic rings. The highest BCUT2D eigenvalue weighted by molar-refractivity contribution is 5.99. The molecule has 1 aliphatic heterocycles. The van der Waals surface area contributed by atoms with Crippen LogP contribution in [-0.4, -0.2) is 53.7 Å². The highest BCUT2D eigenvalue weighted by Crippen LogP contribution is 2.38. The van der Waals surface area contributed by atoms with E-state index in [1.165, 1.54) is 32.1 Å². The van der Waals surface area contributed by atoms with E-state index >= 15 is 0 Å². The lowest BCUT2D eigenvalue weighted by Crippen LogP contribution is -2.40. The first-order chi connectivity index (χ1) is 15.9. The number of carboxylic acid groups (broad SMARTS) is 1. The minimum absolute atomic E-state index is 0.0742. The van der Waals surface area contributed by atoms with Gasteiger partial charge >= 0.3 is 5.97 Å². The summed E-state index contributed by atoms with van der Waals surface area (Å²) in [6.07, 6.45) is 8.03. The first-order valence-electron chi connectivity index (χ1n) is 11.5. The summed E-state index contributed by atoms with van der Waals surface area (Å²) in [5, 5.41) is 12.4. The zero-order valence-electron chi connectivity index (χ0n) is 19.4. The summed E-state index contributed by atoms with van der Waals surface area (Å²) in [6.45, 7) is 2.76. The number of amides is 1. The predicted octanol–water partition coefficient (Wildman–Crippen LogP) is 4.07. The van der Waals surface area contributed by atoms with Crippen LogP contribution in [0.1, 0.15) is 55.8 Å². The van der Waals surface area contributed by atoms with Crippen molar-refractivity contribution in [2.75, 3.05) is 35.8 Å². The van der Waals surface area contributed by atoms with Crippen LogP contribution >= 0.6 is 0 Å². The summed E-state index contributed by atoms with van der Waals surface area (Å²) in [6, 6.07) is 4.96. The standard InChI is InChI=1S/C24H31N5O4/c1-4-7-16-14-29(17-8-5-6-9-17)21-19(28(2)22(16)30)13-25-24(27-21)26-18-11-10-15(23(31)32)12-20(18)33-3/h10-13,16-17H,4-9,14H2,1-3H3,(H,31,32)(H,25,26,27)/t16-/m0/s1. The second kappa shape index (κ2) is 9.64. The number of benzene rings is 1. The molecule has 0 saturated heterocycles. The van der Waals surface area contributed by atoms with E-state index in [4.69, 9.17) is 9.72 Å². The van der Waals surface area contributed by atoms with Gasteiger partial charge in [0, 0.05) is 19.6 Å². The monoisotopic (exact) mass is 453 g/mol. The average Bonchev–Trinajstić information content (AvgIpc) is 3.32. The van der Waals surface area contributed by atoms with Crippen molar-refractivity contribution < 1.29 is 19.4 Å². The van der Waals surface area contributed by atoms with Gasteiger partial charge in [0.05, 0.1) is 30.5 Å². The number of nitrogens with one attached hydrogen (secondary N) is 1.